The van der Waals surface area contributed by atoms with Crippen molar-refractivity contribution in [2.45, 2.75) is 53.3 Å². The summed E-state index contributed by atoms with van der Waals surface area (Å²) >= 11 is 0. The maximum Gasteiger partial charge on any atom is 0.184 e. The van der Waals surface area contributed by atoms with Crippen LogP contribution in [-0.4, -0.2) is 13.9 Å². The molecule has 1 nitrogen and oxygen atoms in total. The third-order valence-corrected chi connectivity index (χ3v) is 5.95. The van der Waals surface area contributed by atoms with Gasteiger partial charge in [-0.2, -0.15) is 0 Å². The SMILES string of the molecule is C/C(=C\[Si](C)(C)C)C(=O)C1=C[C@@H]2CC[C@H]1C2(C)C. The standard InChI is InChI=1S/C16H26OSi/c1-11(10-18(4,5)6)15(17)13-9-12-7-8-14(13)16(12,2)3/h9-10,12,14H,7-8H2,1-6H3/b11-10+/t12-,14+/m0/s1. The molecule has 0 aromatic heterocycles. The fourth-order valence-corrected chi connectivity index (χ4v) is 5.14. The highest BCUT2D eigenvalue weighted by atomic mass is 28.3. The summed E-state index contributed by atoms with van der Waals surface area (Å²) < 4.78 is 0. The second kappa shape index (κ2) is 4.19. The van der Waals surface area contributed by atoms with Crippen molar-refractivity contribution in [1.82, 2.24) is 0 Å². The molecule has 0 saturated heterocycles. The second-order valence-electron chi connectivity index (χ2n) is 7.70. The van der Waals surface area contributed by atoms with Crippen molar-refractivity contribution in [2.24, 2.45) is 17.3 Å². The smallest absolute Gasteiger partial charge is 0.184 e. The number of ketones is 1. The number of rotatable bonds is 3. The lowest BCUT2D eigenvalue weighted by Gasteiger charge is -2.25. The quantitative estimate of drug-likeness (QED) is 0.545. The lowest BCUT2D eigenvalue weighted by atomic mass is 9.78. The Labute approximate surface area is 112 Å². The molecule has 0 spiro atoms. The number of fused-ring (bicyclic) bond motifs is 2. The number of hydrogen-bond donors (Lipinski definition) is 0. The van der Waals surface area contributed by atoms with Crippen molar-refractivity contribution in [1.29, 1.82) is 0 Å². The number of carbonyl (C=O) groups excluding carboxylic acids is 1. The molecule has 0 aromatic rings. The van der Waals surface area contributed by atoms with E-state index in [0.29, 0.717) is 23.0 Å². The minimum absolute atomic E-state index is 0.310. The molecule has 0 aromatic carbocycles. The van der Waals surface area contributed by atoms with Crippen molar-refractivity contribution >= 4 is 13.9 Å². The lowest BCUT2D eigenvalue weighted by Crippen LogP contribution is -2.23. The van der Waals surface area contributed by atoms with Gasteiger partial charge in [0.15, 0.2) is 5.78 Å². The topological polar surface area (TPSA) is 17.1 Å². The van der Waals surface area contributed by atoms with E-state index < -0.39 is 8.07 Å². The summed E-state index contributed by atoms with van der Waals surface area (Å²) in [6.45, 7) is 13.5. The monoisotopic (exact) mass is 262 g/mol. The molecule has 2 atom stereocenters. The van der Waals surface area contributed by atoms with Gasteiger partial charge in [0.25, 0.3) is 0 Å². The van der Waals surface area contributed by atoms with E-state index in [1.165, 1.54) is 12.8 Å². The first-order valence-corrected chi connectivity index (χ1v) is 10.7. The van der Waals surface area contributed by atoms with Gasteiger partial charge in [-0.15, -0.1) is 0 Å². The Balaban J connectivity index is 2.23. The Hall–Kier alpha value is -0.633. The molecular weight excluding hydrogens is 236 g/mol. The highest BCUT2D eigenvalue weighted by Crippen LogP contribution is 2.57. The summed E-state index contributed by atoms with van der Waals surface area (Å²) in [5.41, 5.74) is 4.64. The first kappa shape index (κ1) is 13.8. The van der Waals surface area contributed by atoms with E-state index in [9.17, 15) is 4.79 Å². The molecule has 0 heterocycles. The summed E-state index contributed by atoms with van der Waals surface area (Å²) in [4.78, 5) is 12.6. The maximum atomic E-state index is 12.6. The third kappa shape index (κ3) is 2.27. The molecule has 1 fully saturated rings. The Morgan fingerprint density at radius 2 is 1.94 bits per heavy atom. The molecule has 1 saturated carbocycles. The molecule has 18 heavy (non-hydrogen) atoms. The normalized spacial score (nSPS) is 30.6. The van der Waals surface area contributed by atoms with Crippen LogP contribution in [0.2, 0.25) is 19.6 Å². The highest BCUT2D eigenvalue weighted by molar-refractivity contribution is 6.81. The molecule has 2 rings (SSSR count). The van der Waals surface area contributed by atoms with E-state index in [2.05, 4.69) is 45.3 Å². The van der Waals surface area contributed by atoms with Crippen LogP contribution in [0.4, 0.5) is 0 Å². The van der Waals surface area contributed by atoms with Gasteiger partial charge in [-0.25, -0.2) is 0 Å². The van der Waals surface area contributed by atoms with Crippen LogP contribution in [0, 0.1) is 17.3 Å². The van der Waals surface area contributed by atoms with E-state index >= 15 is 0 Å². The van der Waals surface area contributed by atoms with E-state index in [4.69, 9.17) is 0 Å². The van der Waals surface area contributed by atoms with E-state index in [1.807, 2.05) is 6.92 Å². The number of Topliss-reactive ketones (excluding diaryl/α,β-unsaturated/α-hetero) is 1. The van der Waals surface area contributed by atoms with E-state index in [1.54, 1.807) is 0 Å². The largest absolute Gasteiger partial charge is 0.289 e. The Kier molecular flexibility index (Phi) is 3.21. The predicted octanol–water partition coefficient (Wildman–Crippen LogP) is 4.37. The fourth-order valence-electron chi connectivity index (χ4n) is 3.71. The molecular formula is C16H26OSi. The van der Waals surface area contributed by atoms with Crippen molar-refractivity contribution in [3.8, 4) is 0 Å². The molecule has 0 amide bonds. The molecule has 0 radical (unpaired) electrons. The van der Waals surface area contributed by atoms with E-state index in [-0.39, 0.29) is 0 Å². The summed E-state index contributed by atoms with van der Waals surface area (Å²) in [5.74, 6) is 1.44. The fraction of sp³-hybridized carbons (Fsp3) is 0.688. The molecule has 0 unspecified atom stereocenters. The van der Waals surface area contributed by atoms with Gasteiger partial charge in [-0.3, -0.25) is 4.79 Å². The third-order valence-electron chi connectivity index (χ3n) is 4.65. The zero-order valence-corrected chi connectivity index (χ0v) is 13.6. The van der Waals surface area contributed by atoms with Gasteiger partial charge in [-0.1, -0.05) is 45.3 Å². The molecule has 100 valence electrons. The van der Waals surface area contributed by atoms with Crippen LogP contribution in [0.1, 0.15) is 33.6 Å². The first-order chi connectivity index (χ1) is 8.13. The van der Waals surface area contributed by atoms with E-state index in [0.717, 1.165) is 11.1 Å². The zero-order valence-electron chi connectivity index (χ0n) is 12.6. The van der Waals surface area contributed by atoms with Gasteiger partial charge in [0.2, 0.25) is 0 Å². The minimum atomic E-state index is -1.30. The molecule has 2 aliphatic rings. The van der Waals surface area contributed by atoms with Crippen LogP contribution in [-0.2, 0) is 4.79 Å². The summed E-state index contributed by atoms with van der Waals surface area (Å²) in [7, 11) is -1.30. The van der Waals surface area contributed by atoms with Crippen molar-refractivity contribution in [2.75, 3.05) is 0 Å². The predicted molar refractivity (Wildman–Crippen MR) is 80.2 cm³/mol. The average molecular weight is 262 g/mol. The van der Waals surface area contributed by atoms with Crippen LogP contribution in [0.25, 0.3) is 0 Å². The molecule has 0 aliphatic heterocycles. The van der Waals surface area contributed by atoms with Gasteiger partial charge < -0.3 is 0 Å². The highest BCUT2D eigenvalue weighted by Gasteiger charge is 2.50. The van der Waals surface area contributed by atoms with Gasteiger partial charge in [0, 0.05) is 0 Å². The van der Waals surface area contributed by atoms with Crippen LogP contribution in [0.5, 0.6) is 0 Å². The number of hydrogen-bond acceptors (Lipinski definition) is 1. The minimum Gasteiger partial charge on any atom is -0.289 e. The average Bonchev–Trinajstić information content (AvgIpc) is 2.64. The summed E-state index contributed by atoms with van der Waals surface area (Å²) in [6.07, 6.45) is 4.75. The second-order valence-corrected chi connectivity index (χ2v) is 12.7. The molecule has 2 bridgehead atoms. The maximum absolute atomic E-state index is 12.6. The van der Waals surface area contributed by atoms with Crippen molar-refractivity contribution in [3.05, 3.63) is 22.9 Å². The first-order valence-electron chi connectivity index (χ1n) is 7.09. The van der Waals surface area contributed by atoms with Gasteiger partial charge in [0.05, 0.1) is 8.07 Å². The van der Waals surface area contributed by atoms with Crippen LogP contribution in [0.3, 0.4) is 0 Å². The number of carbonyl (C=O) groups is 1. The lowest BCUT2D eigenvalue weighted by molar-refractivity contribution is -0.112. The van der Waals surface area contributed by atoms with Crippen molar-refractivity contribution in [3.63, 3.8) is 0 Å². The van der Waals surface area contributed by atoms with Crippen LogP contribution < -0.4 is 0 Å². The molecule has 0 N–H and O–H groups in total. The van der Waals surface area contributed by atoms with Gasteiger partial charge >= 0.3 is 0 Å². The number of allylic oxidation sites excluding steroid dienone is 3. The Morgan fingerprint density at radius 3 is 2.33 bits per heavy atom. The Morgan fingerprint density at radius 1 is 1.33 bits per heavy atom. The van der Waals surface area contributed by atoms with Crippen LogP contribution in [0.15, 0.2) is 22.9 Å². The van der Waals surface area contributed by atoms with Gasteiger partial charge in [0.1, 0.15) is 0 Å². The molecule has 2 heteroatoms. The van der Waals surface area contributed by atoms with Crippen LogP contribution >= 0.6 is 0 Å². The Bertz CT molecular complexity index is 435. The molecule has 2 aliphatic carbocycles. The van der Waals surface area contributed by atoms with Gasteiger partial charge in [-0.05, 0) is 48.2 Å². The summed E-state index contributed by atoms with van der Waals surface area (Å²) in [6, 6.07) is 0. The summed E-state index contributed by atoms with van der Waals surface area (Å²) in [5, 5.41) is 0. The zero-order chi connectivity index (χ0) is 13.7. The van der Waals surface area contributed by atoms with Crippen molar-refractivity contribution < 1.29 is 4.79 Å².